The van der Waals surface area contributed by atoms with E-state index in [1.165, 1.54) is 0 Å². The van der Waals surface area contributed by atoms with Crippen molar-refractivity contribution in [2.24, 2.45) is 4.99 Å². The molecule has 1 aliphatic heterocycles. The number of carbonyl (C=O) groups excluding carboxylic acids is 1. The number of cyclic esters (lactones) is 1. The lowest BCUT2D eigenvalue weighted by Gasteiger charge is -2.09. The van der Waals surface area contributed by atoms with Crippen molar-refractivity contribution in [1.29, 1.82) is 0 Å². The molecule has 1 aliphatic rings. The molecule has 0 amide bonds. The van der Waals surface area contributed by atoms with Gasteiger partial charge in [-0.2, -0.15) is 0 Å². The molecule has 0 atom stereocenters. The van der Waals surface area contributed by atoms with E-state index >= 15 is 0 Å². The molecule has 4 rings (SSSR count). The van der Waals surface area contributed by atoms with Gasteiger partial charge in [0.05, 0.1) is 13.7 Å². The minimum atomic E-state index is -0.476. The van der Waals surface area contributed by atoms with Gasteiger partial charge in [-0.05, 0) is 47.5 Å². The van der Waals surface area contributed by atoms with Crippen LogP contribution in [0.4, 0.5) is 0 Å². The molecule has 0 unspecified atom stereocenters. The first-order chi connectivity index (χ1) is 13.7. The first-order valence-electron chi connectivity index (χ1n) is 9.01. The van der Waals surface area contributed by atoms with Crippen LogP contribution in [0.2, 0.25) is 0 Å². The summed E-state index contributed by atoms with van der Waals surface area (Å²) in [5.41, 5.74) is 1.81. The van der Waals surface area contributed by atoms with Crippen molar-refractivity contribution in [3.05, 3.63) is 77.5 Å². The molecule has 0 N–H and O–H groups in total. The molecule has 0 fully saturated rings. The molecule has 140 valence electrons. The summed E-state index contributed by atoms with van der Waals surface area (Å²) < 4.78 is 16.3. The Bertz CT molecular complexity index is 1110. The van der Waals surface area contributed by atoms with Crippen LogP contribution in [0, 0.1) is 0 Å². The second kappa shape index (κ2) is 7.56. The predicted octanol–water partition coefficient (Wildman–Crippen LogP) is 4.59. The Morgan fingerprint density at radius 2 is 1.86 bits per heavy atom. The predicted molar refractivity (Wildman–Crippen MR) is 109 cm³/mol. The number of benzene rings is 3. The number of hydrogen-bond donors (Lipinski definition) is 0. The lowest BCUT2D eigenvalue weighted by molar-refractivity contribution is -0.129. The third-order valence-electron chi connectivity index (χ3n) is 4.43. The number of methoxy groups -OCH3 is 1. The number of fused-ring (bicyclic) bond motifs is 1. The van der Waals surface area contributed by atoms with Crippen LogP contribution in [-0.4, -0.2) is 25.6 Å². The van der Waals surface area contributed by atoms with Crippen LogP contribution in [0.3, 0.4) is 0 Å². The maximum Gasteiger partial charge on any atom is 0.363 e. The van der Waals surface area contributed by atoms with E-state index in [0.29, 0.717) is 24.0 Å². The van der Waals surface area contributed by atoms with Gasteiger partial charge in [0.2, 0.25) is 5.90 Å². The molecule has 0 radical (unpaired) electrons. The van der Waals surface area contributed by atoms with Crippen LogP contribution >= 0.6 is 0 Å². The first kappa shape index (κ1) is 17.8. The van der Waals surface area contributed by atoms with E-state index in [9.17, 15) is 4.79 Å². The fourth-order valence-corrected chi connectivity index (χ4v) is 3.14. The third-order valence-corrected chi connectivity index (χ3v) is 4.43. The number of nitrogens with zero attached hydrogens (tertiary/aromatic N) is 1. The van der Waals surface area contributed by atoms with Gasteiger partial charge in [0.25, 0.3) is 0 Å². The highest BCUT2D eigenvalue weighted by Gasteiger charge is 2.25. The molecule has 0 saturated heterocycles. The largest absolute Gasteiger partial charge is 0.493 e. The highest BCUT2D eigenvalue weighted by atomic mass is 16.6. The van der Waals surface area contributed by atoms with E-state index in [4.69, 9.17) is 14.2 Å². The number of rotatable bonds is 5. The van der Waals surface area contributed by atoms with Gasteiger partial charge in [-0.25, -0.2) is 9.79 Å². The lowest BCUT2D eigenvalue weighted by Crippen LogP contribution is -2.05. The third kappa shape index (κ3) is 3.34. The molecule has 0 aliphatic carbocycles. The molecule has 0 aromatic heterocycles. The average Bonchev–Trinajstić information content (AvgIpc) is 3.09. The fourth-order valence-electron chi connectivity index (χ4n) is 3.14. The van der Waals surface area contributed by atoms with E-state index in [2.05, 4.69) is 4.99 Å². The quantitative estimate of drug-likeness (QED) is 0.485. The van der Waals surface area contributed by atoms with E-state index in [1.54, 1.807) is 19.3 Å². The maximum absolute atomic E-state index is 12.4. The average molecular weight is 373 g/mol. The number of esters is 1. The normalized spacial score (nSPS) is 14.9. The van der Waals surface area contributed by atoms with Crippen LogP contribution in [0.25, 0.3) is 16.8 Å². The van der Waals surface area contributed by atoms with Crippen molar-refractivity contribution >= 4 is 28.7 Å². The van der Waals surface area contributed by atoms with Crippen LogP contribution in [0.15, 0.2) is 71.4 Å². The summed E-state index contributed by atoms with van der Waals surface area (Å²) in [7, 11) is 1.58. The molecule has 5 heteroatoms. The van der Waals surface area contributed by atoms with E-state index in [1.807, 2.05) is 61.5 Å². The summed E-state index contributed by atoms with van der Waals surface area (Å²) in [5, 5.41) is 2.05. The second-order valence-corrected chi connectivity index (χ2v) is 6.21. The van der Waals surface area contributed by atoms with Gasteiger partial charge < -0.3 is 14.2 Å². The highest BCUT2D eigenvalue weighted by molar-refractivity contribution is 6.17. The molecular weight excluding hydrogens is 354 g/mol. The van der Waals surface area contributed by atoms with Gasteiger partial charge in [-0.15, -0.1) is 0 Å². The van der Waals surface area contributed by atoms with Crippen LogP contribution < -0.4 is 9.47 Å². The first-order valence-corrected chi connectivity index (χ1v) is 9.01. The molecule has 1 heterocycles. The molecule has 0 spiro atoms. The minimum absolute atomic E-state index is 0.245. The summed E-state index contributed by atoms with van der Waals surface area (Å²) in [5.74, 6) is 1.09. The summed E-state index contributed by atoms with van der Waals surface area (Å²) >= 11 is 0. The highest BCUT2D eigenvalue weighted by Crippen LogP contribution is 2.30. The number of ether oxygens (including phenoxy) is 3. The Morgan fingerprint density at radius 1 is 1.04 bits per heavy atom. The monoisotopic (exact) mass is 373 g/mol. The summed E-state index contributed by atoms with van der Waals surface area (Å²) in [6, 6.07) is 19.2. The number of carbonyl (C=O) groups is 1. The van der Waals surface area contributed by atoms with Gasteiger partial charge in [-0.1, -0.05) is 42.5 Å². The Hall–Kier alpha value is -3.60. The van der Waals surface area contributed by atoms with Crippen LogP contribution in [0.5, 0.6) is 11.5 Å². The Kier molecular flexibility index (Phi) is 4.81. The van der Waals surface area contributed by atoms with Crippen molar-refractivity contribution in [3.8, 4) is 11.5 Å². The van der Waals surface area contributed by atoms with Crippen LogP contribution in [-0.2, 0) is 9.53 Å². The zero-order valence-corrected chi connectivity index (χ0v) is 15.6. The molecule has 28 heavy (non-hydrogen) atoms. The minimum Gasteiger partial charge on any atom is -0.493 e. The van der Waals surface area contributed by atoms with Crippen molar-refractivity contribution in [3.63, 3.8) is 0 Å². The smallest absolute Gasteiger partial charge is 0.363 e. The van der Waals surface area contributed by atoms with Gasteiger partial charge in [-0.3, -0.25) is 0 Å². The topological polar surface area (TPSA) is 57.1 Å². The molecule has 3 aromatic carbocycles. The van der Waals surface area contributed by atoms with Gasteiger partial charge >= 0.3 is 5.97 Å². The van der Waals surface area contributed by atoms with Gasteiger partial charge in [0.1, 0.15) is 0 Å². The van der Waals surface area contributed by atoms with Crippen molar-refractivity contribution in [2.45, 2.75) is 6.92 Å². The number of aliphatic imine (C=N–C) groups is 1. The summed E-state index contributed by atoms with van der Waals surface area (Å²) in [6.07, 6.45) is 1.68. The SMILES string of the molecule is CCOc1ccc(C=C2N=C(c3cccc4ccccc34)OC2=O)cc1OC. The molecule has 0 bridgehead atoms. The zero-order chi connectivity index (χ0) is 19.5. The maximum atomic E-state index is 12.4. The Labute approximate surface area is 162 Å². The molecule has 0 saturated carbocycles. The molecule has 5 nitrogen and oxygen atoms in total. The molecule has 3 aromatic rings. The van der Waals surface area contributed by atoms with E-state index in [0.717, 1.165) is 21.9 Å². The fraction of sp³-hybridized carbons (Fsp3) is 0.130. The number of hydrogen-bond acceptors (Lipinski definition) is 5. The Balaban J connectivity index is 1.71. The summed E-state index contributed by atoms with van der Waals surface area (Å²) in [6.45, 7) is 2.45. The van der Waals surface area contributed by atoms with Gasteiger partial charge in [0.15, 0.2) is 17.2 Å². The van der Waals surface area contributed by atoms with Crippen molar-refractivity contribution in [1.82, 2.24) is 0 Å². The summed E-state index contributed by atoms with van der Waals surface area (Å²) in [4.78, 5) is 16.8. The standard InChI is InChI=1S/C23H19NO4/c1-3-27-20-12-11-15(14-21(20)26-2)13-19-23(25)28-22(24-19)18-10-6-8-16-7-4-5-9-17(16)18/h4-14H,3H2,1-2H3. The zero-order valence-electron chi connectivity index (χ0n) is 15.6. The van der Waals surface area contributed by atoms with Crippen molar-refractivity contribution < 1.29 is 19.0 Å². The van der Waals surface area contributed by atoms with E-state index in [-0.39, 0.29) is 5.70 Å². The molecular formula is C23H19NO4. The Morgan fingerprint density at radius 3 is 2.68 bits per heavy atom. The lowest BCUT2D eigenvalue weighted by atomic mass is 10.0. The van der Waals surface area contributed by atoms with E-state index < -0.39 is 5.97 Å². The van der Waals surface area contributed by atoms with Crippen LogP contribution in [0.1, 0.15) is 18.1 Å². The second-order valence-electron chi connectivity index (χ2n) is 6.21. The van der Waals surface area contributed by atoms with Crippen molar-refractivity contribution in [2.75, 3.05) is 13.7 Å². The van der Waals surface area contributed by atoms with Gasteiger partial charge in [0, 0.05) is 5.56 Å².